The van der Waals surface area contributed by atoms with Crippen molar-refractivity contribution >= 4 is 10.0 Å². The topological polar surface area (TPSA) is 72.2 Å². The van der Waals surface area contributed by atoms with Crippen LogP contribution in [0.1, 0.15) is 16.7 Å². The number of sulfonamides is 1. The van der Waals surface area contributed by atoms with Crippen LogP contribution >= 0.6 is 0 Å². The van der Waals surface area contributed by atoms with Crippen LogP contribution in [-0.2, 0) is 23.1 Å². The first-order chi connectivity index (χ1) is 9.45. The Morgan fingerprint density at radius 2 is 1.35 bits per heavy atom. The minimum Gasteiger partial charge on any atom is -0.309 e. The fourth-order valence-electron chi connectivity index (χ4n) is 1.85. The number of rotatable bonds is 5. The lowest BCUT2D eigenvalue weighted by Gasteiger charge is -2.06. The standard InChI is InChI=1S/C15H18N2O2S/c1-12-2-4-13(5-3-12)10-17-11-14-6-8-15(9-7-14)20(16,18)19/h2-9,17H,10-11H2,1H3,(H2,16,18,19). The molecule has 0 amide bonds. The maximum Gasteiger partial charge on any atom is 0.238 e. The number of hydrogen-bond acceptors (Lipinski definition) is 3. The summed E-state index contributed by atoms with van der Waals surface area (Å²) in [6.45, 7) is 3.51. The predicted molar refractivity (Wildman–Crippen MR) is 79.5 cm³/mol. The smallest absolute Gasteiger partial charge is 0.238 e. The van der Waals surface area contributed by atoms with Gasteiger partial charge in [0.05, 0.1) is 4.90 Å². The van der Waals surface area contributed by atoms with Gasteiger partial charge in [-0.2, -0.15) is 0 Å². The molecule has 106 valence electrons. The Hall–Kier alpha value is -1.69. The largest absolute Gasteiger partial charge is 0.309 e. The Bertz CT molecular complexity index is 662. The maximum absolute atomic E-state index is 11.1. The van der Waals surface area contributed by atoms with E-state index in [9.17, 15) is 8.42 Å². The average molecular weight is 290 g/mol. The first kappa shape index (κ1) is 14.7. The van der Waals surface area contributed by atoms with Gasteiger partial charge in [0, 0.05) is 13.1 Å². The van der Waals surface area contributed by atoms with E-state index < -0.39 is 10.0 Å². The minimum absolute atomic E-state index is 0.139. The quantitative estimate of drug-likeness (QED) is 0.884. The molecular formula is C15H18N2O2S. The zero-order chi connectivity index (χ0) is 14.6. The number of aryl methyl sites for hydroxylation is 1. The summed E-state index contributed by atoms with van der Waals surface area (Å²) in [5.41, 5.74) is 3.48. The highest BCUT2D eigenvalue weighted by Gasteiger charge is 2.06. The average Bonchev–Trinajstić information content (AvgIpc) is 2.41. The molecule has 0 aliphatic heterocycles. The molecule has 2 aromatic rings. The van der Waals surface area contributed by atoms with Gasteiger partial charge in [-0.1, -0.05) is 42.0 Å². The van der Waals surface area contributed by atoms with E-state index in [2.05, 4.69) is 36.5 Å². The number of nitrogens with one attached hydrogen (secondary N) is 1. The van der Waals surface area contributed by atoms with Crippen molar-refractivity contribution in [1.82, 2.24) is 5.32 Å². The van der Waals surface area contributed by atoms with Crippen LogP contribution in [0, 0.1) is 6.92 Å². The van der Waals surface area contributed by atoms with Gasteiger partial charge in [-0.05, 0) is 30.2 Å². The van der Waals surface area contributed by atoms with Crippen LogP contribution in [0.25, 0.3) is 0 Å². The van der Waals surface area contributed by atoms with E-state index in [1.54, 1.807) is 12.1 Å². The van der Waals surface area contributed by atoms with Gasteiger partial charge in [0.1, 0.15) is 0 Å². The highest BCUT2D eigenvalue weighted by molar-refractivity contribution is 7.89. The van der Waals surface area contributed by atoms with Crippen LogP contribution < -0.4 is 10.5 Å². The number of benzene rings is 2. The second-order valence-electron chi connectivity index (χ2n) is 4.78. The summed E-state index contributed by atoms with van der Waals surface area (Å²) in [5.74, 6) is 0. The molecule has 4 nitrogen and oxygen atoms in total. The summed E-state index contributed by atoms with van der Waals surface area (Å²) in [6.07, 6.45) is 0. The van der Waals surface area contributed by atoms with E-state index in [0.29, 0.717) is 6.54 Å². The molecule has 0 spiro atoms. The summed E-state index contributed by atoms with van der Waals surface area (Å²) < 4.78 is 22.3. The monoisotopic (exact) mass is 290 g/mol. The Kier molecular flexibility index (Phi) is 4.54. The molecule has 20 heavy (non-hydrogen) atoms. The molecular weight excluding hydrogens is 272 g/mol. The van der Waals surface area contributed by atoms with Gasteiger partial charge < -0.3 is 5.32 Å². The summed E-state index contributed by atoms with van der Waals surface area (Å²) in [6, 6.07) is 14.9. The van der Waals surface area contributed by atoms with Gasteiger partial charge in [0.2, 0.25) is 10.0 Å². The molecule has 0 aromatic heterocycles. The van der Waals surface area contributed by atoms with Gasteiger partial charge >= 0.3 is 0 Å². The van der Waals surface area contributed by atoms with Crippen LogP contribution in [0.2, 0.25) is 0 Å². The molecule has 0 radical (unpaired) electrons. The fourth-order valence-corrected chi connectivity index (χ4v) is 2.37. The second-order valence-corrected chi connectivity index (χ2v) is 6.34. The first-order valence-electron chi connectivity index (χ1n) is 6.33. The molecule has 0 atom stereocenters. The lowest BCUT2D eigenvalue weighted by molar-refractivity contribution is 0.597. The first-order valence-corrected chi connectivity index (χ1v) is 7.88. The van der Waals surface area contributed by atoms with Crippen LogP contribution in [0.5, 0.6) is 0 Å². The van der Waals surface area contributed by atoms with Crippen molar-refractivity contribution < 1.29 is 8.42 Å². The van der Waals surface area contributed by atoms with Crippen molar-refractivity contribution in [3.8, 4) is 0 Å². The van der Waals surface area contributed by atoms with Crippen molar-refractivity contribution in [1.29, 1.82) is 0 Å². The molecule has 2 rings (SSSR count). The van der Waals surface area contributed by atoms with Crippen LogP contribution in [0.3, 0.4) is 0 Å². The molecule has 2 aromatic carbocycles. The van der Waals surface area contributed by atoms with E-state index >= 15 is 0 Å². The third-order valence-electron chi connectivity index (χ3n) is 3.03. The van der Waals surface area contributed by atoms with Gasteiger partial charge in [0.25, 0.3) is 0 Å². The minimum atomic E-state index is -3.61. The Morgan fingerprint density at radius 3 is 1.80 bits per heavy atom. The van der Waals surface area contributed by atoms with Gasteiger partial charge in [-0.25, -0.2) is 13.6 Å². The Morgan fingerprint density at radius 1 is 0.900 bits per heavy atom. The highest BCUT2D eigenvalue weighted by atomic mass is 32.2. The highest BCUT2D eigenvalue weighted by Crippen LogP contribution is 2.09. The molecule has 5 heteroatoms. The summed E-state index contributed by atoms with van der Waals surface area (Å²) in [5, 5.41) is 8.37. The Balaban J connectivity index is 1.90. The molecule has 3 N–H and O–H groups in total. The van der Waals surface area contributed by atoms with Crippen LogP contribution in [-0.4, -0.2) is 8.42 Å². The number of hydrogen-bond donors (Lipinski definition) is 2. The molecule has 0 aliphatic rings. The van der Waals surface area contributed by atoms with Crippen LogP contribution in [0.4, 0.5) is 0 Å². The van der Waals surface area contributed by atoms with Crippen LogP contribution in [0.15, 0.2) is 53.4 Å². The normalized spacial score (nSPS) is 11.5. The van der Waals surface area contributed by atoms with E-state index in [-0.39, 0.29) is 4.90 Å². The summed E-state index contributed by atoms with van der Waals surface area (Å²) >= 11 is 0. The van der Waals surface area contributed by atoms with E-state index in [1.165, 1.54) is 23.3 Å². The zero-order valence-electron chi connectivity index (χ0n) is 11.3. The van der Waals surface area contributed by atoms with Gasteiger partial charge in [-0.15, -0.1) is 0 Å². The summed E-state index contributed by atoms with van der Waals surface area (Å²) in [4.78, 5) is 0.139. The number of primary sulfonamides is 1. The SMILES string of the molecule is Cc1ccc(CNCc2ccc(S(N)(=O)=O)cc2)cc1. The predicted octanol–water partition coefficient (Wildman–Crippen LogP) is 1.93. The molecule has 0 bridgehead atoms. The number of nitrogens with two attached hydrogens (primary N) is 1. The molecule has 0 heterocycles. The lowest BCUT2D eigenvalue weighted by atomic mass is 10.1. The van der Waals surface area contributed by atoms with E-state index in [0.717, 1.165) is 12.1 Å². The van der Waals surface area contributed by atoms with Crippen molar-refractivity contribution in [3.05, 3.63) is 65.2 Å². The molecule has 0 saturated carbocycles. The van der Waals surface area contributed by atoms with Crippen molar-refractivity contribution in [2.45, 2.75) is 24.9 Å². The molecule has 0 fully saturated rings. The maximum atomic E-state index is 11.1. The second kappa shape index (κ2) is 6.17. The van der Waals surface area contributed by atoms with Gasteiger partial charge in [-0.3, -0.25) is 0 Å². The molecule has 0 unspecified atom stereocenters. The van der Waals surface area contributed by atoms with Crippen molar-refractivity contribution in [2.24, 2.45) is 5.14 Å². The van der Waals surface area contributed by atoms with E-state index in [4.69, 9.17) is 5.14 Å². The lowest BCUT2D eigenvalue weighted by Crippen LogP contribution is -2.14. The van der Waals surface area contributed by atoms with E-state index in [1.807, 2.05) is 0 Å². The molecule has 0 aliphatic carbocycles. The summed E-state index contributed by atoms with van der Waals surface area (Å²) in [7, 11) is -3.61. The Labute approximate surface area is 119 Å². The van der Waals surface area contributed by atoms with Crippen molar-refractivity contribution in [2.75, 3.05) is 0 Å². The van der Waals surface area contributed by atoms with Gasteiger partial charge in [0.15, 0.2) is 0 Å². The van der Waals surface area contributed by atoms with Crippen molar-refractivity contribution in [3.63, 3.8) is 0 Å². The molecule has 0 saturated heterocycles. The third-order valence-corrected chi connectivity index (χ3v) is 3.96. The third kappa shape index (κ3) is 4.16. The zero-order valence-corrected chi connectivity index (χ0v) is 12.2. The fraction of sp³-hybridized carbons (Fsp3) is 0.200.